The number of nitrogens with one attached hydrogen (secondary N) is 2. The minimum Gasteiger partial charge on any atom is -0.375 e. The van der Waals surface area contributed by atoms with E-state index in [9.17, 15) is 0 Å². The van der Waals surface area contributed by atoms with Gasteiger partial charge in [-0.05, 0) is 57.6 Å². The zero-order valence-electron chi connectivity index (χ0n) is 16.9. The van der Waals surface area contributed by atoms with E-state index in [2.05, 4.69) is 82.2 Å². The third kappa shape index (κ3) is 5.57. The van der Waals surface area contributed by atoms with Crippen molar-refractivity contribution in [2.75, 3.05) is 37.1 Å². The molecule has 7 nitrogen and oxygen atoms in total. The molecule has 28 heavy (non-hydrogen) atoms. The molecule has 0 radical (unpaired) electrons. The molecule has 0 saturated carbocycles. The zero-order chi connectivity index (χ0) is 20.4. The van der Waals surface area contributed by atoms with Crippen molar-refractivity contribution in [1.82, 2.24) is 10.2 Å². The van der Waals surface area contributed by atoms with E-state index in [-0.39, 0.29) is 0 Å². The average Bonchev–Trinajstić information content (AvgIpc) is 2.75. The van der Waals surface area contributed by atoms with Crippen LogP contribution >= 0.6 is 0 Å². The van der Waals surface area contributed by atoms with E-state index >= 15 is 0 Å². The Morgan fingerprint density at radius 1 is 1.29 bits per heavy atom. The molecule has 1 aliphatic rings. The van der Waals surface area contributed by atoms with E-state index < -0.39 is 0 Å². The van der Waals surface area contributed by atoms with Crippen LogP contribution in [0.3, 0.4) is 0 Å². The Morgan fingerprint density at radius 2 is 2.04 bits per heavy atom. The van der Waals surface area contributed by atoms with E-state index in [0.29, 0.717) is 19.0 Å². The summed E-state index contributed by atoms with van der Waals surface area (Å²) in [5, 5.41) is 6.56. The van der Waals surface area contributed by atoms with Crippen LogP contribution < -0.4 is 15.5 Å². The number of hydrogen-bond acceptors (Lipinski definition) is 7. The van der Waals surface area contributed by atoms with Crippen LogP contribution in [0.2, 0.25) is 0 Å². The molecule has 7 heteroatoms. The van der Waals surface area contributed by atoms with Gasteiger partial charge in [0.05, 0.1) is 18.1 Å². The fraction of sp³-hybridized carbons (Fsp3) is 0.286. The SMILES string of the molecule is C=NC(=C\NCNc1ccc(N(C)CC)cc1)/C(=C(\C)N=C)N1C=CC=NC1. The smallest absolute Gasteiger partial charge is 0.114 e. The first-order valence-corrected chi connectivity index (χ1v) is 9.17. The van der Waals surface area contributed by atoms with Crippen LogP contribution in [0.25, 0.3) is 0 Å². The molecular formula is C21H29N7. The lowest BCUT2D eigenvalue weighted by Gasteiger charge is -2.24. The second kappa shape index (κ2) is 10.7. The molecule has 1 aromatic carbocycles. The van der Waals surface area contributed by atoms with Crippen molar-refractivity contribution in [1.29, 1.82) is 0 Å². The van der Waals surface area contributed by atoms with Gasteiger partial charge in [-0.3, -0.25) is 15.0 Å². The van der Waals surface area contributed by atoms with Crippen molar-refractivity contribution in [2.24, 2.45) is 15.0 Å². The topological polar surface area (TPSA) is 67.6 Å². The molecule has 0 aliphatic carbocycles. The van der Waals surface area contributed by atoms with Crippen LogP contribution in [-0.4, -0.2) is 51.5 Å². The highest BCUT2D eigenvalue weighted by atomic mass is 15.2. The average molecular weight is 380 g/mol. The molecule has 2 rings (SSSR count). The first-order chi connectivity index (χ1) is 13.6. The summed E-state index contributed by atoms with van der Waals surface area (Å²) >= 11 is 0. The molecule has 1 aromatic rings. The molecule has 0 bridgehead atoms. The highest BCUT2D eigenvalue weighted by molar-refractivity contribution is 5.71. The molecule has 0 atom stereocenters. The summed E-state index contributed by atoms with van der Waals surface area (Å²) in [5.41, 5.74) is 4.48. The molecule has 0 saturated heterocycles. The van der Waals surface area contributed by atoms with E-state index in [4.69, 9.17) is 0 Å². The Hall–Kier alpha value is -3.35. The summed E-state index contributed by atoms with van der Waals surface area (Å²) in [7, 11) is 2.08. The zero-order valence-corrected chi connectivity index (χ0v) is 16.9. The first kappa shape index (κ1) is 21.0. The third-order valence-electron chi connectivity index (χ3n) is 4.39. The van der Waals surface area contributed by atoms with Crippen molar-refractivity contribution < 1.29 is 0 Å². The number of rotatable bonds is 10. The van der Waals surface area contributed by atoms with Gasteiger partial charge in [0, 0.05) is 43.6 Å². The van der Waals surface area contributed by atoms with Crippen molar-refractivity contribution >= 4 is 31.0 Å². The fourth-order valence-electron chi connectivity index (χ4n) is 2.65. The highest BCUT2D eigenvalue weighted by Crippen LogP contribution is 2.22. The maximum absolute atomic E-state index is 4.27. The standard InChI is InChI=1S/C21H29N7/c1-6-27(5)19-10-8-18(9-11-19)26-15-25-14-20(23-4)21(17(2)22-3)28-13-7-12-24-16-28/h7-14,25-26H,3-4,6,15-16H2,1-2,5H3/b20-14-,21-17-. The fourth-order valence-corrected chi connectivity index (χ4v) is 2.65. The van der Waals surface area contributed by atoms with Gasteiger partial charge in [0.2, 0.25) is 0 Å². The van der Waals surface area contributed by atoms with Crippen LogP contribution in [0.15, 0.2) is 74.8 Å². The van der Waals surface area contributed by atoms with Gasteiger partial charge in [-0.15, -0.1) is 0 Å². The van der Waals surface area contributed by atoms with Crippen molar-refractivity contribution in [3.63, 3.8) is 0 Å². The van der Waals surface area contributed by atoms with Gasteiger partial charge in [-0.25, -0.2) is 0 Å². The van der Waals surface area contributed by atoms with Gasteiger partial charge in [0.1, 0.15) is 12.4 Å². The largest absolute Gasteiger partial charge is 0.375 e. The predicted octanol–water partition coefficient (Wildman–Crippen LogP) is 3.43. The third-order valence-corrected chi connectivity index (χ3v) is 4.39. The molecule has 0 aromatic heterocycles. The summed E-state index contributed by atoms with van der Waals surface area (Å²) in [6, 6.07) is 8.32. The molecule has 0 unspecified atom stereocenters. The Morgan fingerprint density at radius 3 is 2.61 bits per heavy atom. The van der Waals surface area contributed by atoms with Crippen LogP contribution in [0.1, 0.15) is 13.8 Å². The lowest BCUT2D eigenvalue weighted by Crippen LogP contribution is -2.23. The molecular weight excluding hydrogens is 350 g/mol. The second-order valence-electron chi connectivity index (χ2n) is 6.18. The number of anilines is 2. The molecule has 0 fully saturated rings. The summed E-state index contributed by atoms with van der Waals surface area (Å²) in [5.74, 6) is 0. The van der Waals surface area contributed by atoms with E-state index in [1.54, 1.807) is 6.21 Å². The molecule has 1 aliphatic heterocycles. The maximum Gasteiger partial charge on any atom is 0.114 e. The van der Waals surface area contributed by atoms with Gasteiger partial charge in [0.15, 0.2) is 0 Å². The lowest BCUT2D eigenvalue weighted by atomic mass is 10.2. The number of aliphatic imine (C=N–C) groups is 3. The van der Waals surface area contributed by atoms with Crippen LogP contribution in [0.5, 0.6) is 0 Å². The molecule has 2 N–H and O–H groups in total. The monoisotopic (exact) mass is 379 g/mol. The maximum atomic E-state index is 4.27. The van der Waals surface area contributed by atoms with Crippen LogP contribution in [0, 0.1) is 0 Å². The van der Waals surface area contributed by atoms with Gasteiger partial charge >= 0.3 is 0 Å². The first-order valence-electron chi connectivity index (χ1n) is 9.17. The lowest BCUT2D eigenvalue weighted by molar-refractivity contribution is 0.477. The highest BCUT2D eigenvalue weighted by Gasteiger charge is 2.15. The van der Waals surface area contributed by atoms with Crippen LogP contribution in [-0.2, 0) is 0 Å². The normalized spacial score (nSPS) is 14.4. The Balaban J connectivity index is 2.01. The molecule has 0 amide bonds. The second-order valence-corrected chi connectivity index (χ2v) is 6.18. The Bertz CT molecular complexity index is 787. The summed E-state index contributed by atoms with van der Waals surface area (Å²) in [6.45, 7) is 13.4. The summed E-state index contributed by atoms with van der Waals surface area (Å²) in [6.07, 6.45) is 7.38. The molecule has 1 heterocycles. The quantitative estimate of drug-likeness (QED) is 0.283. The Labute approximate surface area is 167 Å². The number of allylic oxidation sites excluding steroid dienone is 2. The van der Waals surface area contributed by atoms with E-state index in [1.165, 1.54) is 5.69 Å². The van der Waals surface area contributed by atoms with Gasteiger partial charge in [-0.1, -0.05) is 0 Å². The summed E-state index contributed by atoms with van der Waals surface area (Å²) < 4.78 is 0. The van der Waals surface area contributed by atoms with Gasteiger partial charge < -0.3 is 20.4 Å². The number of hydrogen-bond donors (Lipinski definition) is 2. The molecule has 0 spiro atoms. The van der Waals surface area contributed by atoms with Gasteiger partial charge in [0.25, 0.3) is 0 Å². The Kier molecular flexibility index (Phi) is 8.02. The minimum atomic E-state index is 0.502. The van der Waals surface area contributed by atoms with E-state index in [1.807, 2.05) is 30.3 Å². The van der Waals surface area contributed by atoms with Crippen molar-refractivity contribution in [3.8, 4) is 0 Å². The number of benzene rings is 1. The van der Waals surface area contributed by atoms with E-state index in [0.717, 1.165) is 23.6 Å². The molecule has 148 valence electrons. The minimum absolute atomic E-state index is 0.502. The van der Waals surface area contributed by atoms with Crippen LogP contribution in [0.4, 0.5) is 11.4 Å². The van der Waals surface area contributed by atoms with Crippen molar-refractivity contribution in [3.05, 3.63) is 59.8 Å². The van der Waals surface area contributed by atoms with Crippen molar-refractivity contribution in [2.45, 2.75) is 13.8 Å². The predicted molar refractivity (Wildman–Crippen MR) is 121 cm³/mol. The van der Waals surface area contributed by atoms with Gasteiger partial charge in [-0.2, -0.15) is 0 Å². The number of nitrogens with zero attached hydrogens (tertiary/aromatic N) is 5. The summed E-state index contributed by atoms with van der Waals surface area (Å²) in [4.78, 5) is 16.6.